The summed E-state index contributed by atoms with van der Waals surface area (Å²) < 4.78 is 31.6. The van der Waals surface area contributed by atoms with Crippen LogP contribution < -0.4 is 11.5 Å². The van der Waals surface area contributed by atoms with Crippen LogP contribution in [-0.4, -0.2) is 64.1 Å². The van der Waals surface area contributed by atoms with E-state index < -0.39 is 20.4 Å². The van der Waals surface area contributed by atoms with Gasteiger partial charge in [0.25, 0.3) is 5.09 Å². The van der Waals surface area contributed by atoms with Crippen molar-refractivity contribution < 1.29 is 32.7 Å². The number of nitrogen functional groups attached to an aromatic ring is 2. The molecule has 0 amide bonds. The second-order valence-corrected chi connectivity index (χ2v) is 9.26. The van der Waals surface area contributed by atoms with Crippen molar-refractivity contribution in [3.63, 3.8) is 0 Å². The lowest BCUT2D eigenvalue weighted by Crippen LogP contribution is -2.06. The highest BCUT2D eigenvalue weighted by molar-refractivity contribution is 7.79. The van der Waals surface area contributed by atoms with Gasteiger partial charge in [-0.3, -0.25) is 39.2 Å². The van der Waals surface area contributed by atoms with E-state index in [9.17, 15) is 10.1 Å². The molecule has 0 unspecified atom stereocenters. The highest BCUT2D eigenvalue weighted by Crippen LogP contribution is 2.29. The molecule has 4 aromatic rings. The highest BCUT2D eigenvalue weighted by atomic mass is 32.3. The minimum absolute atomic E-state index is 0.0741. The van der Waals surface area contributed by atoms with Crippen LogP contribution in [0.1, 0.15) is 33.6 Å². The van der Waals surface area contributed by atoms with Gasteiger partial charge in [0.1, 0.15) is 5.82 Å². The zero-order valence-electron chi connectivity index (χ0n) is 22.2. The molecule has 20 heteroatoms. The first kappa shape index (κ1) is 32.5. The number of hydrogen-bond acceptors (Lipinski definition) is 14. The Morgan fingerprint density at radius 3 is 1.64 bits per heavy atom. The molecule has 0 aliphatic carbocycles. The van der Waals surface area contributed by atoms with Crippen LogP contribution in [0, 0.1) is 20.2 Å². The Morgan fingerprint density at radius 1 is 0.750 bits per heavy atom. The largest absolute Gasteiger partial charge is 0.394 e. The molecule has 6 heterocycles. The Bertz CT molecular complexity index is 1830. The van der Waals surface area contributed by atoms with Crippen LogP contribution in [0.2, 0.25) is 0 Å². The zero-order chi connectivity index (χ0) is 32.4. The fourth-order valence-electron chi connectivity index (χ4n) is 3.87. The van der Waals surface area contributed by atoms with E-state index in [1.807, 2.05) is 18.2 Å². The molecule has 0 atom stereocenters. The molecule has 0 saturated carbocycles. The van der Waals surface area contributed by atoms with E-state index in [4.69, 9.17) is 44.3 Å². The molecule has 0 aromatic carbocycles. The molecular formula is C24H22N10O9S. The number of nitrogens with zero attached hydrogens (tertiary/aromatic N) is 8. The molecular weight excluding hydrogens is 604 g/mol. The molecule has 44 heavy (non-hydrogen) atoms. The summed E-state index contributed by atoms with van der Waals surface area (Å²) in [6.45, 7) is 0.993. The van der Waals surface area contributed by atoms with Crippen molar-refractivity contribution in [3.8, 4) is 0 Å². The number of anilines is 2. The van der Waals surface area contributed by atoms with Gasteiger partial charge < -0.3 is 16.7 Å². The van der Waals surface area contributed by atoms with E-state index in [2.05, 4.69) is 29.9 Å². The van der Waals surface area contributed by atoms with Crippen LogP contribution in [0.25, 0.3) is 0 Å². The van der Waals surface area contributed by atoms with Crippen molar-refractivity contribution in [3.05, 3.63) is 121 Å². The van der Waals surface area contributed by atoms with E-state index in [1.165, 1.54) is 6.07 Å². The Morgan fingerprint density at radius 2 is 1.18 bits per heavy atom. The van der Waals surface area contributed by atoms with Crippen molar-refractivity contribution in [2.24, 2.45) is 9.98 Å². The van der Waals surface area contributed by atoms with Gasteiger partial charge >= 0.3 is 16.1 Å². The third kappa shape index (κ3) is 9.27. The summed E-state index contributed by atoms with van der Waals surface area (Å²) in [5.74, 6) is 0.472. The first-order valence-corrected chi connectivity index (χ1v) is 13.3. The standard InChI is InChI=1S/C12H9N5O2.C12H10N4.HNO3.H2O4S/c13-12-10(17(18)19)5-8-9(16-12)6-15-11(8)7-1-3-14-4-2-7;13-11-2-1-9-10(16-11)7-15-12(9)8-3-5-14-6-4-8;2-1(3)4;1-5(2,3)4/h1-5H,6H2,(H2,13,16);1-6H,7H2,(H2,13,16);(H,2,3,4);(H2,1,2,3,4). The normalized spacial score (nSPS) is 12.3. The minimum atomic E-state index is -4.67. The summed E-state index contributed by atoms with van der Waals surface area (Å²) >= 11 is 0. The predicted molar refractivity (Wildman–Crippen MR) is 154 cm³/mol. The van der Waals surface area contributed by atoms with Crippen LogP contribution in [0.4, 0.5) is 17.3 Å². The van der Waals surface area contributed by atoms with Crippen molar-refractivity contribution >= 4 is 39.1 Å². The molecule has 19 nitrogen and oxygen atoms in total. The van der Waals surface area contributed by atoms with Crippen LogP contribution in [-0.2, 0) is 23.5 Å². The summed E-state index contributed by atoms with van der Waals surface area (Å²) in [6.07, 6.45) is 6.82. The molecule has 2 aliphatic rings. The maximum absolute atomic E-state index is 10.9. The summed E-state index contributed by atoms with van der Waals surface area (Å²) in [6, 6.07) is 12.7. The molecule has 0 bridgehead atoms. The fraction of sp³-hybridized carbons (Fsp3) is 0.0833. The van der Waals surface area contributed by atoms with Crippen LogP contribution in [0.15, 0.2) is 77.2 Å². The first-order chi connectivity index (χ1) is 20.7. The zero-order valence-corrected chi connectivity index (χ0v) is 23.0. The number of rotatable bonds is 3. The molecule has 0 fully saturated rings. The molecule has 7 N–H and O–H groups in total. The van der Waals surface area contributed by atoms with Gasteiger partial charge in [-0.15, -0.1) is 10.1 Å². The van der Waals surface area contributed by atoms with Crippen molar-refractivity contribution in [1.29, 1.82) is 0 Å². The van der Waals surface area contributed by atoms with Crippen LogP contribution in [0.3, 0.4) is 0 Å². The molecule has 4 aromatic heterocycles. The Labute approximate surface area is 247 Å². The van der Waals surface area contributed by atoms with Gasteiger partial charge in [-0.2, -0.15) is 8.42 Å². The van der Waals surface area contributed by atoms with E-state index in [0.717, 1.165) is 28.1 Å². The van der Waals surface area contributed by atoms with Gasteiger partial charge in [-0.25, -0.2) is 9.97 Å². The molecule has 228 valence electrons. The molecule has 0 spiro atoms. The summed E-state index contributed by atoms with van der Waals surface area (Å²) in [5, 5.41) is 24.5. The SMILES string of the molecule is Nc1ccc2c(n1)CN=C2c1ccncc1.Nc1nc2c(cc1[N+](=O)[O-])C(c1ccncc1)=NC2.O=S(=O)(O)O.O=[N+]([O-])O. The third-order valence-electron chi connectivity index (χ3n) is 5.49. The molecule has 0 saturated heterocycles. The number of pyridine rings is 4. The average Bonchev–Trinajstić information content (AvgIpc) is 3.56. The quantitative estimate of drug-likeness (QED) is 0.123. The molecule has 2 aliphatic heterocycles. The smallest absolute Gasteiger partial charge is 0.384 e. The Hall–Kier alpha value is -5.99. The summed E-state index contributed by atoms with van der Waals surface area (Å²) in [7, 11) is -4.67. The van der Waals surface area contributed by atoms with Gasteiger partial charge in [0.15, 0.2) is 0 Å². The topological polar surface area (TPSA) is 309 Å². The van der Waals surface area contributed by atoms with Gasteiger partial charge in [0.2, 0.25) is 5.82 Å². The maximum atomic E-state index is 10.9. The molecule has 6 rings (SSSR count). The van der Waals surface area contributed by atoms with Crippen molar-refractivity contribution in [1.82, 2.24) is 19.9 Å². The Kier molecular flexibility index (Phi) is 10.5. The van der Waals surface area contributed by atoms with E-state index in [1.54, 1.807) is 43.0 Å². The average molecular weight is 627 g/mol. The fourth-order valence-corrected chi connectivity index (χ4v) is 3.87. The van der Waals surface area contributed by atoms with Gasteiger partial charge in [0, 0.05) is 53.1 Å². The maximum Gasteiger partial charge on any atom is 0.394 e. The minimum Gasteiger partial charge on any atom is -0.384 e. The molecule has 0 radical (unpaired) electrons. The van der Waals surface area contributed by atoms with E-state index in [0.29, 0.717) is 35.9 Å². The number of hydrogen-bond donors (Lipinski definition) is 5. The van der Waals surface area contributed by atoms with Crippen molar-refractivity contribution in [2.75, 3.05) is 11.5 Å². The number of nitro groups is 1. The first-order valence-electron chi connectivity index (χ1n) is 11.9. The second-order valence-electron chi connectivity index (χ2n) is 8.36. The highest BCUT2D eigenvalue weighted by Gasteiger charge is 2.25. The van der Waals surface area contributed by atoms with Crippen LogP contribution in [0.5, 0.6) is 0 Å². The number of nitrogens with two attached hydrogens (primary N) is 2. The van der Waals surface area contributed by atoms with E-state index in [-0.39, 0.29) is 11.5 Å². The second kappa shape index (κ2) is 14.3. The number of aromatic nitrogens is 4. The monoisotopic (exact) mass is 626 g/mol. The number of aliphatic imine (C=N–C) groups is 2. The van der Waals surface area contributed by atoms with Gasteiger partial charge in [-0.05, 0) is 36.4 Å². The lowest BCUT2D eigenvalue weighted by molar-refractivity contribution is -0.742. The van der Waals surface area contributed by atoms with Gasteiger partial charge in [0.05, 0.1) is 40.8 Å². The summed E-state index contributed by atoms with van der Waals surface area (Å²) in [4.78, 5) is 43.8. The van der Waals surface area contributed by atoms with E-state index >= 15 is 0 Å². The predicted octanol–water partition coefficient (Wildman–Crippen LogP) is 1.73. The third-order valence-corrected chi connectivity index (χ3v) is 5.49. The Balaban J connectivity index is 0.000000191. The number of fused-ring (bicyclic) bond motifs is 2. The lowest BCUT2D eigenvalue weighted by atomic mass is 10.0. The summed E-state index contributed by atoms with van der Waals surface area (Å²) in [5.41, 5.74) is 17.9. The van der Waals surface area contributed by atoms with Crippen LogP contribution >= 0.6 is 0 Å². The van der Waals surface area contributed by atoms with Crippen molar-refractivity contribution in [2.45, 2.75) is 13.1 Å². The van der Waals surface area contributed by atoms with Gasteiger partial charge in [-0.1, -0.05) is 0 Å². The lowest BCUT2D eigenvalue weighted by Gasteiger charge is -2.04.